The Morgan fingerprint density at radius 2 is 1.90 bits per heavy atom. The second-order valence-corrected chi connectivity index (χ2v) is 4.70. The Bertz CT molecular complexity index is 623. The van der Waals surface area contributed by atoms with Gasteiger partial charge in [0.15, 0.2) is 11.5 Å². The summed E-state index contributed by atoms with van der Waals surface area (Å²) < 4.78 is 11.0. The minimum absolute atomic E-state index is 0.381. The second-order valence-electron chi connectivity index (χ2n) is 4.35. The molecule has 2 aromatic rings. The van der Waals surface area contributed by atoms with Crippen LogP contribution in [-0.4, -0.2) is 12.4 Å². The van der Waals surface area contributed by atoms with Crippen molar-refractivity contribution in [2.24, 2.45) is 0 Å². The molecule has 0 aliphatic rings. The zero-order valence-electron chi connectivity index (χ0n) is 11.4. The monoisotopic (exact) mass is 290 g/mol. The predicted octanol–water partition coefficient (Wildman–Crippen LogP) is 3.96. The number of hydrogen-bond acceptors (Lipinski definition) is 3. The van der Waals surface area contributed by atoms with Crippen LogP contribution in [0.3, 0.4) is 0 Å². The number of halogens is 1. The van der Waals surface area contributed by atoms with Crippen LogP contribution in [0.1, 0.15) is 21.5 Å². The average Bonchev–Trinajstić information content (AvgIpc) is 2.46. The number of benzene rings is 2. The Kier molecular flexibility index (Phi) is 4.64. The highest BCUT2D eigenvalue weighted by atomic mass is 35.5. The van der Waals surface area contributed by atoms with Gasteiger partial charge < -0.3 is 9.47 Å². The van der Waals surface area contributed by atoms with Crippen molar-refractivity contribution in [1.29, 1.82) is 0 Å². The van der Waals surface area contributed by atoms with Crippen molar-refractivity contribution in [3.05, 3.63) is 59.2 Å². The Morgan fingerprint density at radius 3 is 2.55 bits per heavy atom. The molecule has 2 rings (SSSR count). The molecule has 0 amide bonds. The molecule has 2 aromatic carbocycles. The van der Waals surface area contributed by atoms with E-state index in [0.29, 0.717) is 23.7 Å². The number of methoxy groups -OCH3 is 1. The van der Waals surface area contributed by atoms with Gasteiger partial charge in [0.25, 0.3) is 5.24 Å². The van der Waals surface area contributed by atoms with E-state index in [1.807, 2.05) is 31.2 Å². The highest BCUT2D eigenvalue weighted by Gasteiger charge is 2.10. The van der Waals surface area contributed by atoms with E-state index >= 15 is 0 Å². The molecular weight excluding hydrogens is 276 g/mol. The molecule has 0 atom stereocenters. The molecule has 0 heterocycles. The van der Waals surface area contributed by atoms with Crippen LogP contribution >= 0.6 is 11.6 Å². The first-order chi connectivity index (χ1) is 9.61. The number of ether oxygens (including phenoxy) is 2. The van der Waals surface area contributed by atoms with Crippen LogP contribution in [0.15, 0.2) is 42.5 Å². The van der Waals surface area contributed by atoms with Crippen molar-refractivity contribution < 1.29 is 14.3 Å². The van der Waals surface area contributed by atoms with Crippen LogP contribution in [0.2, 0.25) is 0 Å². The van der Waals surface area contributed by atoms with E-state index in [2.05, 4.69) is 0 Å². The molecule has 0 unspecified atom stereocenters. The first kappa shape index (κ1) is 14.4. The lowest BCUT2D eigenvalue weighted by molar-refractivity contribution is 0.108. The normalized spacial score (nSPS) is 10.2. The largest absolute Gasteiger partial charge is 0.493 e. The van der Waals surface area contributed by atoms with Gasteiger partial charge in [-0.2, -0.15) is 0 Å². The Labute approximate surface area is 123 Å². The zero-order valence-corrected chi connectivity index (χ0v) is 12.1. The van der Waals surface area contributed by atoms with Gasteiger partial charge in [0.2, 0.25) is 0 Å². The van der Waals surface area contributed by atoms with Gasteiger partial charge in [0.05, 0.1) is 7.11 Å². The van der Waals surface area contributed by atoms with Gasteiger partial charge in [0.1, 0.15) is 6.61 Å². The second kappa shape index (κ2) is 6.44. The lowest BCUT2D eigenvalue weighted by Crippen LogP contribution is -2.00. The summed E-state index contributed by atoms with van der Waals surface area (Å²) in [6, 6.07) is 12.9. The molecule has 20 heavy (non-hydrogen) atoms. The van der Waals surface area contributed by atoms with E-state index in [4.69, 9.17) is 21.1 Å². The summed E-state index contributed by atoms with van der Waals surface area (Å²) in [6.07, 6.45) is 0. The van der Waals surface area contributed by atoms with Crippen LogP contribution in [-0.2, 0) is 6.61 Å². The van der Waals surface area contributed by atoms with Crippen LogP contribution in [0.4, 0.5) is 0 Å². The zero-order chi connectivity index (χ0) is 14.5. The molecule has 0 bridgehead atoms. The van der Waals surface area contributed by atoms with Gasteiger partial charge in [0, 0.05) is 5.56 Å². The lowest BCUT2D eigenvalue weighted by Gasteiger charge is -2.12. The molecule has 4 heteroatoms. The third kappa shape index (κ3) is 3.31. The fourth-order valence-electron chi connectivity index (χ4n) is 1.84. The molecule has 0 saturated heterocycles. The molecule has 0 spiro atoms. The Balaban J connectivity index is 2.17. The SMILES string of the molecule is COc1cc(C(=O)Cl)ccc1OCc1ccccc1C. The summed E-state index contributed by atoms with van der Waals surface area (Å²) in [6.45, 7) is 2.47. The van der Waals surface area contributed by atoms with Crippen LogP contribution in [0, 0.1) is 6.92 Å². The molecule has 0 aliphatic heterocycles. The molecule has 104 valence electrons. The first-order valence-electron chi connectivity index (χ1n) is 6.17. The van der Waals surface area contributed by atoms with Gasteiger partial charge in [-0.1, -0.05) is 24.3 Å². The average molecular weight is 291 g/mol. The van der Waals surface area contributed by atoms with E-state index in [1.165, 1.54) is 12.7 Å². The van der Waals surface area contributed by atoms with E-state index in [1.54, 1.807) is 18.2 Å². The Morgan fingerprint density at radius 1 is 1.15 bits per heavy atom. The predicted molar refractivity (Wildman–Crippen MR) is 78.7 cm³/mol. The van der Waals surface area contributed by atoms with Crippen LogP contribution < -0.4 is 9.47 Å². The molecule has 0 aromatic heterocycles. The van der Waals surface area contributed by atoms with Crippen LogP contribution in [0.5, 0.6) is 11.5 Å². The maximum absolute atomic E-state index is 11.1. The van der Waals surface area contributed by atoms with Gasteiger partial charge in [-0.25, -0.2) is 0 Å². The molecule has 0 saturated carbocycles. The van der Waals surface area contributed by atoms with E-state index < -0.39 is 5.24 Å². The molecule has 0 radical (unpaired) electrons. The van der Waals surface area contributed by atoms with Crippen molar-refractivity contribution in [3.8, 4) is 11.5 Å². The molecule has 0 N–H and O–H groups in total. The fraction of sp³-hybridized carbons (Fsp3) is 0.188. The van der Waals surface area contributed by atoms with Gasteiger partial charge in [-0.3, -0.25) is 4.79 Å². The molecule has 3 nitrogen and oxygen atoms in total. The number of hydrogen-bond donors (Lipinski definition) is 0. The number of rotatable bonds is 5. The highest BCUT2D eigenvalue weighted by Crippen LogP contribution is 2.29. The number of aryl methyl sites for hydroxylation is 1. The smallest absolute Gasteiger partial charge is 0.252 e. The quantitative estimate of drug-likeness (QED) is 0.782. The minimum Gasteiger partial charge on any atom is -0.493 e. The summed E-state index contributed by atoms with van der Waals surface area (Å²) in [4.78, 5) is 11.1. The van der Waals surface area contributed by atoms with E-state index in [0.717, 1.165) is 5.56 Å². The standard InChI is InChI=1S/C16H15ClO3/c1-11-5-3-4-6-13(11)10-20-14-8-7-12(16(17)18)9-15(14)19-2/h3-9H,10H2,1-2H3. The molecule has 0 aliphatic carbocycles. The highest BCUT2D eigenvalue weighted by molar-refractivity contribution is 6.67. The summed E-state index contributed by atoms with van der Waals surface area (Å²) in [5, 5.41) is -0.520. The minimum atomic E-state index is -0.520. The van der Waals surface area contributed by atoms with Gasteiger partial charge in [-0.15, -0.1) is 0 Å². The maximum atomic E-state index is 11.1. The summed E-state index contributed by atoms with van der Waals surface area (Å²) in [5.74, 6) is 1.07. The number of carbonyl (C=O) groups excluding carboxylic acids is 1. The van der Waals surface area contributed by atoms with E-state index in [-0.39, 0.29) is 0 Å². The molecular formula is C16H15ClO3. The lowest BCUT2D eigenvalue weighted by atomic mass is 10.1. The van der Waals surface area contributed by atoms with Crippen molar-refractivity contribution in [3.63, 3.8) is 0 Å². The first-order valence-corrected chi connectivity index (χ1v) is 6.55. The van der Waals surface area contributed by atoms with Crippen molar-refractivity contribution in [1.82, 2.24) is 0 Å². The van der Waals surface area contributed by atoms with Crippen LogP contribution in [0.25, 0.3) is 0 Å². The maximum Gasteiger partial charge on any atom is 0.252 e. The third-order valence-electron chi connectivity index (χ3n) is 3.04. The summed E-state index contributed by atoms with van der Waals surface area (Å²) >= 11 is 5.44. The van der Waals surface area contributed by atoms with Crippen molar-refractivity contribution >= 4 is 16.8 Å². The Hall–Kier alpha value is -2.00. The van der Waals surface area contributed by atoms with E-state index in [9.17, 15) is 4.79 Å². The van der Waals surface area contributed by atoms with Gasteiger partial charge >= 0.3 is 0 Å². The third-order valence-corrected chi connectivity index (χ3v) is 3.25. The van der Waals surface area contributed by atoms with Crippen molar-refractivity contribution in [2.45, 2.75) is 13.5 Å². The topological polar surface area (TPSA) is 35.5 Å². The van der Waals surface area contributed by atoms with Crippen molar-refractivity contribution in [2.75, 3.05) is 7.11 Å². The summed E-state index contributed by atoms with van der Waals surface area (Å²) in [7, 11) is 1.53. The molecule has 0 fully saturated rings. The van der Waals surface area contributed by atoms with Gasteiger partial charge in [-0.05, 0) is 47.9 Å². The fourth-order valence-corrected chi connectivity index (χ4v) is 1.95. The summed E-state index contributed by atoms with van der Waals surface area (Å²) in [5.41, 5.74) is 2.65. The number of carbonyl (C=O) groups is 1.